The summed E-state index contributed by atoms with van der Waals surface area (Å²) in [4.78, 5) is 24.8. The van der Waals surface area contributed by atoms with Gasteiger partial charge in [0.1, 0.15) is 5.75 Å². The first kappa shape index (κ1) is 20.2. The maximum absolute atomic E-state index is 12.6. The summed E-state index contributed by atoms with van der Waals surface area (Å²) in [6.07, 6.45) is 0. The predicted octanol–water partition coefficient (Wildman–Crippen LogP) is 3.22. The van der Waals surface area contributed by atoms with E-state index < -0.39 is 27.8 Å². The van der Waals surface area contributed by atoms with Gasteiger partial charge in [-0.3, -0.25) is 9.59 Å². The third-order valence-electron chi connectivity index (χ3n) is 4.40. The zero-order chi connectivity index (χ0) is 20.6. The highest BCUT2D eigenvalue weighted by Crippen LogP contribution is 2.32. The van der Waals surface area contributed by atoms with E-state index in [4.69, 9.17) is 16.3 Å². The molecular weight excluding hydrogens is 404 g/mol. The molecule has 7 nitrogen and oxygen atoms in total. The first-order valence-electron chi connectivity index (χ1n) is 8.46. The molecular formula is C19H19ClN2O5S. The van der Waals surface area contributed by atoms with Gasteiger partial charge in [-0.1, -0.05) is 24.6 Å². The fraction of sp³-hybridized carbons (Fsp3) is 0.263. The van der Waals surface area contributed by atoms with Gasteiger partial charge in [0.2, 0.25) is 15.9 Å². The molecule has 148 valence electrons. The first-order chi connectivity index (χ1) is 13.1. The van der Waals surface area contributed by atoms with Crippen LogP contribution in [0, 0.1) is 12.8 Å². The van der Waals surface area contributed by atoms with Crippen LogP contribution in [0.2, 0.25) is 5.02 Å². The van der Waals surface area contributed by atoms with Crippen LogP contribution in [-0.4, -0.2) is 33.1 Å². The van der Waals surface area contributed by atoms with E-state index in [9.17, 15) is 18.0 Å². The molecule has 3 rings (SSSR count). The average Bonchev–Trinajstić information content (AvgIpc) is 2.82. The molecule has 1 unspecified atom stereocenters. The van der Waals surface area contributed by atoms with E-state index in [0.717, 1.165) is 9.87 Å². The summed E-state index contributed by atoms with van der Waals surface area (Å²) in [5.74, 6) is -1.38. The predicted molar refractivity (Wildman–Crippen MR) is 108 cm³/mol. The molecule has 1 aliphatic rings. The largest absolute Gasteiger partial charge is 0.495 e. The Hall–Kier alpha value is -2.58. The number of nitrogens with zero attached hydrogens (tertiary/aromatic N) is 1. The Morgan fingerprint density at radius 2 is 1.96 bits per heavy atom. The lowest BCUT2D eigenvalue weighted by atomic mass is 10.1. The van der Waals surface area contributed by atoms with Crippen molar-refractivity contribution in [1.82, 2.24) is 0 Å². The highest BCUT2D eigenvalue weighted by Gasteiger charge is 2.42. The minimum absolute atomic E-state index is 0.0316. The molecule has 2 aromatic carbocycles. The monoisotopic (exact) mass is 422 g/mol. The smallest absolute Gasteiger partial charge is 0.257 e. The van der Waals surface area contributed by atoms with Gasteiger partial charge >= 0.3 is 0 Å². The van der Waals surface area contributed by atoms with Crippen molar-refractivity contribution >= 4 is 44.8 Å². The Morgan fingerprint density at radius 1 is 1.25 bits per heavy atom. The van der Waals surface area contributed by atoms with Crippen molar-refractivity contribution < 1.29 is 22.7 Å². The number of methoxy groups -OCH3 is 1. The van der Waals surface area contributed by atoms with Gasteiger partial charge in [-0.15, -0.1) is 0 Å². The number of hydrogen-bond donors (Lipinski definition) is 1. The van der Waals surface area contributed by atoms with Crippen molar-refractivity contribution in [1.29, 1.82) is 0 Å². The molecule has 0 saturated carbocycles. The van der Waals surface area contributed by atoms with Gasteiger partial charge in [0, 0.05) is 0 Å². The van der Waals surface area contributed by atoms with Crippen molar-refractivity contribution in [2.45, 2.75) is 13.8 Å². The van der Waals surface area contributed by atoms with Gasteiger partial charge in [-0.25, -0.2) is 12.7 Å². The molecule has 1 saturated heterocycles. The van der Waals surface area contributed by atoms with Gasteiger partial charge in [0.05, 0.1) is 40.7 Å². The number of carbonyl (C=O) groups excluding carboxylic acids is 2. The van der Waals surface area contributed by atoms with E-state index in [0.29, 0.717) is 11.4 Å². The van der Waals surface area contributed by atoms with Crippen LogP contribution in [0.4, 0.5) is 11.4 Å². The van der Waals surface area contributed by atoms with Crippen molar-refractivity contribution in [2.24, 2.45) is 5.92 Å². The summed E-state index contributed by atoms with van der Waals surface area (Å²) in [6.45, 7) is 3.43. The fourth-order valence-corrected chi connectivity index (χ4v) is 5.08. The SMILES string of the molecule is COc1ccc(C)cc1NC(=O)c1ccc(N2C(=O)C(C)CS2(=O)=O)cc1Cl. The number of sulfonamides is 1. The van der Waals surface area contributed by atoms with Gasteiger partial charge < -0.3 is 10.1 Å². The maximum Gasteiger partial charge on any atom is 0.257 e. The molecule has 9 heteroatoms. The lowest BCUT2D eigenvalue weighted by Gasteiger charge is -2.17. The molecule has 0 bridgehead atoms. The molecule has 0 spiro atoms. The van der Waals surface area contributed by atoms with Gasteiger partial charge in [0.25, 0.3) is 5.91 Å². The number of carbonyl (C=O) groups is 2. The maximum atomic E-state index is 12.6. The normalized spacial score (nSPS) is 18.2. The van der Waals surface area contributed by atoms with E-state index >= 15 is 0 Å². The second-order valence-electron chi connectivity index (χ2n) is 6.60. The van der Waals surface area contributed by atoms with E-state index in [1.165, 1.54) is 25.3 Å². The Labute approximate surface area is 168 Å². The summed E-state index contributed by atoms with van der Waals surface area (Å²) < 4.78 is 30.4. The van der Waals surface area contributed by atoms with Crippen LogP contribution < -0.4 is 14.4 Å². The Morgan fingerprint density at radius 3 is 2.54 bits per heavy atom. The van der Waals surface area contributed by atoms with Gasteiger partial charge in [0.15, 0.2) is 0 Å². The zero-order valence-corrected chi connectivity index (χ0v) is 17.1. The molecule has 1 N–H and O–H groups in total. The van der Waals surface area contributed by atoms with Crippen molar-refractivity contribution in [3.8, 4) is 5.75 Å². The van der Waals surface area contributed by atoms with E-state index in [2.05, 4.69) is 5.32 Å². The van der Waals surface area contributed by atoms with Crippen LogP contribution in [0.1, 0.15) is 22.8 Å². The molecule has 0 radical (unpaired) electrons. The van der Waals surface area contributed by atoms with Crippen molar-refractivity contribution in [3.05, 3.63) is 52.5 Å². The number of benzene rings is 2. The summed E-state index contributed by atoms with van der Waals surface area (Å²) >= 11 is 6.23. The lowest BCUT2D eigenvalue weighted by molar-refractivity contribution is -0.119. The number of hydrogen-bond acceptors (Lipinski definition) is 5. The van der Waals surface area contributed by atoms with Crippen molar-refractivity contribution in [2.75, 3.05) is 22.5 Å². The molecule has 2 aromatic rings. The number of nitrogens with one attached hydrogen (secondary N) is 1. The van der Waals surface area contributed by atoms with Crippen LogP contribution in [-0.2, 0) is 14.8 Å². The van der Waals surface area contributed by atoms with E-state index in [1.807, 2.05) is 13.0 Å². The van der Waals surface area contributed by atoms with Gasteiger partial charge in [-0.2, -0.15) is 0 Å². The average molecular weight is 423 g/mol. The minimum atomic E-state index is -3.74. The van der Waals surface area contributed by atoms with Crippen LogP contribution in [0.3, 0.4) is 0 Å². The Bertz CT molecular complexity index is 1070. The summed E-state index contributed by atoms with van der Waals surface area (Å²) in [7, 11) is -2.25. The second kappa shape index (κ2) is 7.44. The Balaban J connectivity index is 1.90. The number of ether oxygens (including phenoxy) is 1. The molecule has 1 fully saturated rings. The third-order valence-corrected chi connectivity index (χ3v) is 6.58. The molecule has 28 heavy (non-hydrogen) atoms. The number of anilines is 2. The van der Waals surface area contributed by atoms with Crippen LogP contribution >= 0.6 is 11.6 Å². The zero-order valence-electron chi connectivity index (χ0n) is 15.5. The summed E-state index contributed by atoms with van der Waals surface area (Å²) in [5, 5.41) is 2.76. The molecule has 0 aliphatic carbocycles. The summed E-state index contributed by atoms with van der Waals surface area (Å²) in [5.41, 5.74) is 1.68. The number of rotatable bonds is 4. The second-order valence-corrected chi connectivity index (χ2v) is 8.87. The molecule has 1 atom stereocenters. The topological polar surface area (TPSA) is 92.8 Å². The standard InChI is InChI=1S/C19H19ClN2O5S/c1-11-4-7-17(27-3)16(8-11)21-18(23)14-6-5-13(9-15(14)20)22-19(24)12(2)10-28(22,25)26/h4-9,12H,10H2,1-3H3,(H,21,23). The van der Waals surface area contributed by atoms with E-state index in [-0.39, 0.29) is 22.0 Å². The minimum Gasteiger partial charge on any atom is -0.495 e. The van der Waals surface area contributed by atoms with Crippen LogP contribution in [0.15, 0.2) is 36.4 Å². The quantitative estimate of drug-likeness (QED) is 0.816. The summed E-state index contributed by atoms with van der Waals surface area (Å²) in [6, 6.07) is 9.43. The first-order valence-corrected chi connectivity index (χ1v) is 10.4. The Kier molecular flexibility index (Phi) is 5.36. The number of amides is 2. The van der Waals surface area contributed by atoms with Crippen LogP contribution in [0.5, 0.6) is 5.75 Å². The molecule has 0 aromatic heterocycles. The number of aryl methyl sites for hydroxylation is 1. The molecule has 2 amide bonds. The third kappa shape index (κ3) is 3.70. The van der Waals surface area contributed by atoms with Crippen LogP contribution in [0.25, 0.3) is 0 Å². The van der Waals surface area contributed by atoms with Crippen molar-refractivity contribution in [3.63, 3.8) is 0 Å². The number of halogens is 1. The fourth-order valence-electron chi connectivity index (χ4n) is 3.01. The lowest BCUT2D eigenvalue weighted by Crippen LogP contribution is -2.30. The highest BCUT2D eigenvalue weighted by molar-refractivity contribution is 7.94. The van der Waals surface area contributed by atoms with E-state index in [1.54, 1.807) is 19.1 Å². The van der Waals surface area contributed by atoms with Gasteiger partial charge in [-0.05, 0) is 42.8 Å². The molecule has 1 heterocycles. The highest BCUT2D eigenvalue weighted by atomic mass is 35.5. The molecule has 1 aliphatic heterocycles.